The molecular formula is C13H14BrNO. The summed E-state index contributed by atoms with van der Waals surface area (Å²) in [7, 11) is 2.00. The standard InChI is InChI=1S/C13H14BrNO/c1-9(16)7-12-11-6-4-3-5-10(11)8-13(14)15(12)2/h3-6,8,12H,7H2,1-2H3. The largest absolute Gasteiger partial charge is 0.361 e. The van der Waals surface area contributed by atoms with Crippen LogP contribution in [-0.2, 0) is 4.79 Å². The Morgan fingerprint density at radius 1 is 1.44 bits per heavy atom. The number of carbonyl (C=O) groups is 1. The van der Waals surface area contributed by atoms with Gasteiger partial charge in [0.05, 0.1) is 10.6 Å². The molecule has 2 nitrogen and oxygen atoms in total. The third-order valence-corrected chi connectivity index (χ3v) is 3.70. The highest BCUT2D eigenvalue weighted by molar-refractivity contribution is 9.11. The summed E-state index contributed by atoms with van der Waals surface area (Å²) in [6.07, 6.45) is 2.64. The number of rotatable bonds is 2. The highest BCUT2D eigenvalue weighted by atomic mass is 79.9. The molecule has 0 saturated heterocycles. The zero-order chi connectivity index (χ0) is 11.7. The number of Topliss-reactive ketones (excluding diaryl/α,β-unsaturated/α-hetero) is 1. The first-order chi connectivity index (χ1) is 7.59. The quantitative estimate of drug-likeness (QED) is 0.774. The molecule has 1 unspecified atom stereocenters. The summed E-state index contributed by atoms with van der Waals surface area (Å²) in [6, 6.07) is 8.36. The van der Waals surface area contributed by atoms with Gasteiger partial charge in [-0.25, -0.2) is 0 Å². The van der Waals surface area contributed by atoms with Crippen LogP contribution in [0.25, 0.3) is 6.08 Å². The maximum Gasteiger partial charge on any atom is 0.132 e. The van der Waals surface area contributed by atoms with Crippen LogP contribution in [0.5, 0.6) is 0 Å². The molecule has 3 heteroatoms. The summed E-state index contributed by atoms with van der Waals surface area (Å²) in [6.45, 7) is 1.64. The fraction of sp³-hybridized carbons (Fsp3) is 0.308. The molecule has 0 aliphatic carbocycles. The zero-order valence-electron chi connectivity index (χ0n) is 9.40. The number of hydrogen-bond acceptors (Lipinski definition) is 2. The van der Waals surface area contributed by atoms with E-state index in [1.807, 2.05) is 19.2 Å². The lowest BCUT2D eigenvalue weighted by molar-refractivity contribution is -0.118. The van der Waals surface area contributed by atoms with Crippen molar-refractivity contribution in [3.63, 3.8) is 0 Å². The molecule has 0 saturated carbocycles. The van der Waals surface area contributed by atoms with Gasteiger partial charge in [0.15, 0.2) is 0 Å². The Hall–Kier alpha value is -1.09. The second-order valence-corrected chi connectivity index (χ2v) is 4.94. The van der Waals surface area contributed by atoms with Crippen molar-refractivity contribution in [3.8, 4) is 0 Å². The Balaban J connectivity index is 2.45. The summed E-state index contributed by atoms with van der Waals surface area (Å²) < 4.78 is 1.03. The highest BCUT2D eigenvalue weighted by Gasteiger charge is 2.25. The van der Waals surface area contributed by atoms with E-state index in [1.54, 1.807) is 6.92 Å². The van der Waals surface area contributed by atoms with Crippen molar-refractivity contribution < 1.29 is 4.79 Å². The fourth-order valence-corrected chi connectivity index (χ4v) is 2.55. The summed E-state index contributed by atoms with van der Waals surface area (Å²) in [4.78, 5) is 13.4. The predicted octanol–water partition coefficient (Wildman–Crippen LogP) is 3.35. The first kappa shape index (κ1) is 11.4. The van der Waals surface area contributed by atoms with Crippen LogP contribution < -0.4 is 0 Å². The molecule has 0 radical (unpaired) electrons. The number of benzene rings is 1. The van der Waals surface area contributed by atoms with Crippen molar-refractivity contribution in [2.45, 2.75) is 19.4 Å². The Kier molecular flexibility index (Phi) is 3.15. The summed E-state index contributed by atoms with van der Waals surface area (Å²) in [5, 5.41) is 0. The molecule has 0 fully saturated rings. The number of ketones is 1. The predicted molar refractivity (Wildman–Crippen MR) is 69.1 cm³/mol. The molecular weight excluding hydrogens is 266 g/mol. The van der Waals surface area contributed by atoms with Gasteiger partial charge in [0, 0.05) is 13.5 Å². The van der Waals surface area contributed by atoms with Gasteiger partial charge >= 0.3 is 0 Å². The lowest BCUT2D eigenvalue weighted by Gasteiger charge is -2.34. The van der Waals surface area contributed by atoms with Gasteiger partial charge in [-0.15, -0.1) is 0 Å². The van der Waals surface area contributed by atoms with Gasteiger partial charge in [0.2, 0.25) is 0 Å². The maximum atomic E-state index is 11.3. The molecule has 0 amide bonds. The van der Waals surface area contributed by atoms with Crippen LogP contribution >= 0.6 is 15.9 Å². The van der Waals surface area contributed by atoms with Crippen molar-refractivity contribution in [1.29, 1.82) is 0 Å². The molecule has 1 aromatic rings. The van der Waals surface area contributed by atoms with Crippen LogP contribution in [0.15, 0.2) is 28.9 Å². The third-order valence-electron chi connectivity index (χ3n) is 2.91. The highest BCUT2D eigenvalue weighted by Crippen LogP contribution is 2.36. The van der Waals surface area contributed by atoms with Gasteiger partial charge in [0.25, 0.3) is 0 Å². The van der Waals surface area contributed by atoms with Crippen LogP contribution in [-0.4, -0.2) is 17.7 Å². The molecule has 1 atom stereocenters. The van der Waals surface area contributed by atoms with Crippen LogP contribution in [0.4, 0.5) is 0 Å². The Morgan fingerprint density at radius 2 is 2.12 bits per heavy atom. The van der Waals surface area contributed by atoms with Crippen molar-refractivity contribution >= 4 is 27.8 Å². The Morgan fingerprint density at radius 3 is 2.81 bits per heavy atom. The van der Waals surface area contributed by atoms with Crippen molar-refractivity contribution in [3.05, 3.63) is 40.0 Å². The summed E-state index contributed by atoms with van der Waals surface area (Å²) >= 11 is 3.53. The molecule has 0 bridgehead atoms. The molecule has 84 valence electrons. The topological polar surface area (TPSA) is 20.3 Å². The molecule has 1 aromatic carbocycles. The van der Waals surface area contributed by atoms with E-state index in [2.05, 4.69) is 39.0 Å². The van der Waals surface area contributed by atoms with Crippen molar-refractivity contribution in [1.82, 2.24) is 4.90 Å². The van der Waals surface area contributed by atoms with E-state index in [9.17, 15) is 4.79 Å². The molecule has 0 aromatic heterocycles. The van der Waals surface area contributed by atoms with Crippen molar-refractivity contribution in [2.75, 3.05) is 7.05 Å². The average molecular weight is 280 g/mol. The normalized spacial score (nSPS) is 19.1. The minimum Gasteiger partial charge on any atom is -0.361 e. The Labute approximate surface area is 104 Å². The van der Waals surface area contributed by atoms with Gasteiger partial charge in [-0.05, 0) is 40.1 Å². The van der Waals surface area contributed by atoms with E-state index in [4.69, 9.17) is 0 Å². The third kappa shape index (κ3) is 2.05. The molecule has 1 heterocycles. The molecule has 1 aliphatic heterocycles. The Bertz CT molecular complexity index is 453. The van der Waals surface area contributed by atoms with E-state index in [1.165, 1.54) is 11.1 Å². The van der Waals surface area contributed by atoms with Gasteiger partial charge < -0.3 is 4.90 Å². The fourth-order valence-electron chi connectivity index (χ4n) is 2.05. The SMILES string of the molecule is CC(=O)CC1c2ccccc2C=C(Br)N1C. The molecule has 16 heavy (non-hydrogen) atoms. The molecule has 0 N–H and O–H groups in total. The van der Waals surface area contributed by atoms with E-state index < -0.39 is 0 Å². The molecule has 2 rings (SSSR count). The monoisotopic (exact) mass is 279 g/mol. The van der Waals surface area contributed by atoms with Crippen LogP contribution in [0.3, 0.4) is 0 Å². The number of fused-ring (bicyclic) bond motifs is 1. The van der Waals surface area contributed by atoms with E-state index in [-0.39, 0.29) is 11.8 Å². The average Bonchev–Trinajstić information content (AvgIpc) is 2.24. The van der Waals surface area contributed by atoms with Gasteiger partial charge in [0.1, 0.15) is 5.78 Å². The number of hydrogen-bond donors (Lipinski definition) is 0. The minimum absolute atomic E-state index is 0.146. The first-order valence-electron chi connectivity index (χ1n) is 5.28. The lowest BCUT2D eigenvalue weighted by Crippen LogP contribution is -2.27. The van der Waals surface area contributed by atoms with E-state index in [0.717, 1.165) is 4.61 Å². The smallest absolute Gasteiger partial charge is 0.132 e. The number of halogens is 1. The zero-order valence-corrected chi connectivity index (χ0v) is 11.0. The van der Waals surface area contributed by atoms with E-state index >= 15 is 0 Å². The van der Waals surface area contributed by atoms with Gasteiger partial charge in [-0.1, -0.05) is 24.3 Å². The second-order valence-electron chi connectivity index (χ2n) is 4.13. The van der Waals surface area contributed by atoms with Gasteiger partial charge in [-0.3, -0.25) is 4.79 Å². The number of carbonyl (C=O) groups excluding carboxylic acids is 1. The lowest BCUT2D eigenvalue weighted by atomic mass is 9.93. The van der Waals surface area contributed by atoms with Crippen LogP contribution in [0, 0.1) is 0 Å². The van der Waals surface area contributed by atoms with E-state index in [0.29, 0.717) is 6.42 Å². The summed E-state index contributed by atoms with van der Waals surface area (Å²) in [5.74, 6) is 0.217. The molecule has 0 spiro atoms. The van der Waals surface area contributed by atoms with Crippen LogP contribution in [0.1, 0.15) is 30.5 Å². The minimum atomic E-state index is 0.146. The van der Waals surface area contributed by atoms with Crippen molar-refractivity contribution in [2.24, 2.45) is 0 Å². The molecule has 1 aliphatic rings. The second kappa shape index (κ2) is 4.42. The van der Waals surface area contributed by atoms with Gasteiger partial charge in [-0.2, -0.15) is 0 Å². The van der Waals surface area contributed by atoms with Crippen LogP contribution in [0.2, 0.25) is 0 Å². The number of nitrogens with zero attached hydrogens (tertiary/aromatic N) is 1. The first-order valence-corrected chi connectivity index (χ1v) is 6.07. The summed E-state index contributed by atoms with van der Waals surface area (Å²) in [5.41, 5.74) is 2.42. The maximum absolute atomic E-state index is 11.3.